The summed E-state index contributed by atoms with van der Waals surface area (Å²) in [5.41, 5.74) is 0. The summed E-state index contributed by atoms with van der Waals surface area (Å²) in [7, 11) is 2.01. The molecular weight excluding hydrogens is 230 g/mol. The zero-order valence-corrected chi connectivity index (χ0v) is 11.5. The minimum absolute atomic E-state index is 0.0476. The molecule has 0 aliphatic carbocycles. The fourth-order valence-electron chi connectivity index (χ4n) is 2.61. The number of nitrogens with zero attached hydrogens (tertiary/aromatic N) is 2. The van der Waals surface area contributed by atoms with Crippen LogP contribution in [0.15, 0.2) is 0 Å². The molecule has 18 heavy (non-hydrogen) atoms. The monoisotopic (exact) mass is 255 g/mol. The lowest BCUT2D eigenvalue weighted by molar-refractivity contribution is -0.135. The van der Waals surface area contributed by atoms with Crippen LogP contribution in [-0.4, -0.2) is 74.2 Å². The summed E-state index contributed by atoms with van der Waals surface area (Å²) < 4.78 is 5.67. The van der Waals surface area contributed by atoms with Crippen molar-refractivity contribution in [2.24, 2.45) is 0 Å². The van der Waals surface area contributed by atoms with Gasteiger partial charge >= 0.3 is 0 Å². The van der Waals surface area contributed by atoms with Crippen LogP contribution >= 0.6 is 0 Å². The van der Waals surface area contributed by atoms with Gasteiger partial charge in [0.05, 0.1) is 18.8 Å². The zero-order chi connectivity index (χ0) is 13.0. The van der Waals surface area contributed by atoms with Gasteiger partial charge in [0, 0.05) is 32.7 Å². The highest BCUT2D eigenvalue weighted by Gasteiger charge is 2.27. The lowest BCUT2D eigenvalue weighted by Gasteiger charge is -2.32. The van der Waals surface area contributed by atoms with Gasteiger partial charge in [-0.05, 0) is 26.8 Å². The second-order valence-electron chi connectivity index (χ2n) is 5.34. The van der Waals surface area contributed by atoms with E-state index in [1.54, 1.807) is 0 Å². The van der Waals surface area contributed by atoms with E-state index in [4.69, 9.17) is 4.74 Å². The molecule has 1 amide bonds. The van der Waals surface area contributed by atoms with E-state index in [1.807, 2.05) is 18.9 Å². The van der Waals surface area contributed by atoms with Crippen LogP contribution in [-0.2, 0) is 9.53 Å². The second-order valence-corrected chi connectivity index (χ2v) is 5.34. The van der Waals surface area contributed by atoms with Gasteiger partial charge in [-0.25, -0.2) is 0 Å². The zero-order valence-electron chi connectivity index (χ0n) is 11.5. The Labute approximate surface area is 109 Å². The van der Waals surface area contributed by atoms with Crippen molar-refractivity contribution in [2.75, 3.05) is 46.4 Å². The van der Waals surface area contributed by atoms with Crippen molar-refractivity contribution in [3.8, 4) is 0 Å². The Balaban J connectivity index is 1.79. The van der Waals surface area contributed by atoms with Gasteiger partial charge in [0.1, 0.15) is 0 Å². The van der Waals surface area contributed by atoms with Gasteiger partial charge in [-0.1, -0.05) is 0 Å². The number of carbonyl (C=O) groups excluding carboxylic acids is 1. The maximum atomic E-state index is 12.3. The number of ether oxygens (including phenoxy) is 1. The molecule has 0 saturated carbocycles. The lowest BCUT2D eigenvalue weighted by atomic mass is 10.2. The van der Waals surface area contributed by atoms with E-state index in [1.165, 1.54) is 0 Å². The highest BCUT2D eigenvalue weighted by Crippen LogP contribution is 2.12. The summed E-state index contributed by atoms with van der Waals surface area (Å²) in [5.74, 6) is 0.263. The molecule has 0 spiro atoms. The Hall–Kier alpha value is -0.650. The largest absolute Gasteiger partial charge is 0.374 e. The van der Waals surface area contributed by atoms with Crippen molar-refractivity contribution in [3.05, 3.63) is 0 Å². The first-order chi connectivity index (χ1) is 8.68. The molecule has 5 heteroatoms. The first kappa shape index (κ1) is 13.8. The Morgan fingerprint density at radius 3 is 2.83 bits per heavy atom. The molecule has 0 radical (unpaired) electrons. The number of nitrogens with one attached hydrogen (secondary N) is 1. The van der Waals surface area contributed by atoms with Crippen LogP contribution in [0.25, 0.3) is 0 Å². The summed E-state index contributed by atoms with van der Waals surface area (Å²) in [4.78, 5) is 16.4. The summed E-state index contributed by atoms with van der Waals surface area (Å²) in [6, 6.07) is -0.0476. The molecule has 2 heterocycles. The summed E-state index contributed by atoms with van der Waals surface area (Å²) in [6.45, 7) is 7.26. The fourth-order valence-corrected chi connectivity index (χ4v) is 2.61. The summed E-state index contributed by atoms with van der Waals surface area (Å²) >= 11 is 0. The van der Waals surface area contributed by atoms with Gasteiger partial charge in [-0.3, -0.25) is 9.69 Å². The average molecular weight is 255 g/mol. The van der Waals surface area contributed by atoms with Crippen molar-refractivity contribution in [3.63, 3.8) is 0 Å². The van der Waals surface area contributed by atoms with Gasteiger partial charge in [-0.15, -0.1) is 0 Å². The van der Waals surface area contributed by atoms with Crippen LogP contribution in [0.3, 0.4) is 0 Å². The number of hydrogen-bond donors (Lipinski definition) is 1. The first-order valence-electron chi connectivity index (χ1n) is 7.00. The molecule has 2 unspecified atom stereocenters. The molecule has 2 aliphatic rings. The molecule has 104 valence electrons. The van der Waals surface area contributed by atoms with Crippen molar-refractivity contribution in [1.82, 2.24) is 15.1 Å². The number of likely N-dealkylation sites (N-methyl/N-ethyl adjacent to an activating group) is 1. The van der Waals surface area contributed by atoms with Crippen LogP contribution in [0.1, 0.15) is 19.8 Å². The molecule has 0 aromatic heterocycles. The fraction of sp³-hybridized carbons (Fsp3) is 0.923. The number of amides is 1. The lowest BCUT2D eigenvalue weighted by Crippen LogP contribution is -2.50. The van der Waals surface area contributed by atoms with Crippen molar-refractivity contribution in [1.29, 1.82) is 0 Å². The van der Waals surface area contributed by atoms with Gasteiger partial charge < -0.3 is 15.0 Å². The van der Waals surface area contributed by atoms with Crippen molar-refractivity contribution >= 4 is 5.91 Å². The number of hydrogen-bond acceptors (Lipinski definition) is 4. The molecule has 2 aliphatic heterocycles. The Kier molecular flexibility index (Phi) is 4.97. The van der Waals surface area contributed by atoms with E-state index in [0.717, 1.165) is 52.2 Å². The predicted octanol–water partition coefficient (Wildman–Crippen LogP) is -0.0825. The minimum atomic E-state index is -0.0476. The molecule has 1 N–H and O–H groups in total. The normalized spacial score (nSPS) is 26.6. The Bertz CT molecular complexity index is 273. The topological polar surface area (TPSA) is 44.8 Å². The van der Waals surface area contributed by atoms with E-state index in [9.17, 15) is 4.79 Å². The van der Waals surface area contributed by atoms with Crippen molar-refractivity contribution in [2.45, 2.75) is 31.9 Å². The van der Waals surface area contributed by atoms with Crippen molar-refractivity contribution < 1.29 is 9.53 Å². The van der Waals surface area contributed by atoms with Crippen LogP contribution in [0.2, 0.25) is 0 Å². The molecule has 2 fully saturated rings. The standard InChI is InChI=1S/C13H25N3O2/c1-11(13(17)16-6-3-4-7-16)15(2)10-12-9-14-5-8-18-12/h11-12,14H,3-10H2,1-2H3. The third-order valence-electron chi connectivity index (χ3n) is 3.93. The number of carbonyl (C=O) groups is 1. The van der Waals surface area contributed by atoms with Gasteiger partial charge in [-0.2, -0.15) is 0 Å². The van der Waals surface area contributed by atoms with Gasteiger partial charge in [0.2, 0.25) is 5.91 Å². The Morgan fingerprint density at radius 1 is 1.50 bits per heavy atom. The maximum absolute atomic E-state index is 12.3. The quantitative estimate of drug-likeness (QED) is 0.763. The third kappa shape index (κ3) is 3.43. The molecule has 2 rings (SSSR count). The highest BCUT2D eigenvalue weighted by molar-refractivity contribution is 5.81. The summed E-state index contributed by atoms with van der Waals surface area (Å²) in [6.07, 6.45) is 2.51. The van der Waals surface area contributed by atoms with Gasteiger partial charge in [0.25, 0.3) is 0 Å². The molecule has 0 bridgehead atoms. The third-order valence-corrected chi connectivity index (χ3v) is 3.93. The molecule has 2 atom stereocenters. The SMILES string of the molecule is CC(C(=O)N1CCCC1)N(C)CC1CNCCO1. The van der Waals surface area contributed by atoms with E-state index < -0.39 is 0 Å². The maximum Gasteiger partial charge on any atom is 0.239 e. The minimum Gasteiger partial charge on any atom is -0.374 e. The highest BCUT2D eigenvalue weighted by atomic mass is 16.5. The second kappa shape index (κ2) is 6.50. The predicted molar refractivity (Wildman–Crippen MR) is 70.5 cm³/mol. The molecule has 0 aromatic carbocycles. The summed E-state index contributed by atoms with van der Waals surface area (Å²) in [5, 5.41) is 3.32. The van der Waals surface area contributed by atoms with E-state index >= 15 is 0 Å². The van der Waals surface area contributed by atoms with Gasteiger partial charge in [0.15, 0.2) is 0 Å². The molecule has 5 nitrogen and oxygen atoms in total. The van der Waals surface area contributed by atoms with Crippen LogP contribution in [0.4, 0.5) is 0 Å². The Morgan fingerprint density at radius 2 is 2.22 bits per heavy atom. The van der Waals surface area contributed by atoms with Crippen LogP contribution in [0, 0.1) is 0 Å². The number of rotatable bonds is 4. The molecule has 2 saturated heterocycles. The van der Waals surface area contributed by atoms with E-state index in [-0.39, 0.29) is 18.1 Å². The number of morpholine rings is 1. The molecule has 0 aromatic rings. The van der Waals surface area contributed by atoms with Crippen LogP contribution < -0.4 is 5.32 Å². The average Bonchev–Trinajstić information content (AvgIpc) is 2.92. The smallest absolute Gasteiger partial charge is 0.239 e. The molecular formula is C13H25N3O2. The van der Waals surface area contributed by atoms with E-state index in [0.29, 0.717) is 0 Å². The van der Waals surface area contributed by atoms with E-state index in [2.05, 4.69) is 10.2 Å². The number of likely N-dealkylation sites (tertiary alicyclic amines) is 1. The van der Waals surface area contributed by atoms with Crippen LogP contribution in [0.5, 0.6) is 0 Å². The first-order valence-corrected chi connectivity index (χ1v) is 7.00.